The molecule has 2 aromatic rings. The van der Waals surface area contributed by atoms with Crippen molar-refractivity contribution in [2.75, 3.05) is 44.2 Å². The Morgan fingerprint density at radius 2 is 1.73 bits per heavy atom. The first-order valence-electron chi connectivity index (χ1n) is 10.2. The predicted octanol–water partition coefficient (Wildman–Crippen LogP) is 3.47. The average molecular weight is 414 g/mol. The molecule has 8 heteroatoms. The van der Waals surface area contributed by atoms with Crippen molar-refractivity contribution < 1.29 is 14.1 Å². The topological polar surface area (TPSA) is 69.9 Å². The van der Waals surface area contributed by atoms with Crippen LogP contribution in [0.25, 0.3) is 0 Å². The number of piperazine rings is 1. The van der Waals surface area contributed by atoms with E-state index in [-0.39, 0.29) is 17.6 Å². The molecule has 0 aromatic heterocycles. The monoisotopic (exact) mass is 414 g/mol. The van der Waals surface area contributed by atoms with Gasteiger partial charge in [-0.15, -0.1) is 0 Å². The van der Waals surface area contributed by atoms with Gasteiger partial charge in [0.2, 0.25) is 5.91 Å². The van der Waals surface area contributed by atoms with Gasteiger partial charge in [0.1, 0.15) is 6.04 Å². The summed E-state index contributed by atoms with van der Waals surface area (Å²) >= 11 is 0. The van der Waals surface area contributed by atoms with E-state index in [1.54, 1.807) is 0 Å². The van der Waals surface area contributed by atoms with Crippen molar-refractivity contribution >= 4 is 17.3 Å². The number of likely N-dealkylation sites (N-methyl/N-ethyl adjacent to an activating group) is 1. The van der Waals surface area contributed by atoms with Gasteiger partial charge in [-0.3, -0.25) is 19.8 Å². The molecular formula is C22H27FN4O3. The summed E-state index contributed by atoms with van der Waals surface area (Å²) in [4.78, 5) is 29.3. The Kier molecular flexibility index (Phi) is 6.99. The van der Waals surface area contributed by atoms with Crippen LogP contribution in [-0.4, -0.2) is 59.9 Å². The van der Waals surface area contributed by atoms with Gasteiger partial charge >= 0.3 is 0 Å². The number of amides is 1. The van der Waals surface area contributed by atoms with E-state index in [1.807, 2.05) is 54.0 Å². The van der Waals surface area contributed by atoms with Gasteiger partial charge in [-0.1, -0.05) is 30.3 Å². The second kappa shape index (κ2) is 9.67. The molecule has 1 fully saturated rings. The Hall–Kier alpha value is -3.00. The first kappa shape index (κ1) is 21.7. The van der Waals surface area contributed by atoms with Gasteiger partial charge in [-0.2, -0.15) is 0 Å². The largest absolute Gasteiger partial charge is 0.367 e. The van der Waals surface area contributed by atoms with Crippen molar-refractivity contribution in [2.45, 2.75) is 19.9 Å². The minimum atomic E-state index is -0.603. The van der Waals surface area contributed by atoms with Crippen LogP contribution in [0.5, 0.6) is 0 Å². The highest BCUT2D eigenvalue weighted by Crippen LogP contribution is 2.28. The Balaban J connectivity index is 1.78. The van der Waals surface area contributed by atoms with Crippen molar-refractivity contribution in [3.05, 3.63) is 70.0 Å². The Morgan fingerprint density at radius 1 is 1.10 bits per heavy atom. The summed E-state index contributed by atoms with van der Waals surface area (Å²) in [6.45, 7) is 7.47. The fourth-order valence-electron chi connectivity index (χ4n) is 3.94. The van der Waals surface area contributed by atoms with E-state index in [0.717, 1.165) is 11.6 Å². The third-order valence-electron chi connectivity index (χ3n) is 5.59. The molecule has 1 amide bonds. The number of carbonyl (C=O) groups is 1. The number of halogens is 1. The molecule has 1 heterocycles. The molecular weight excluding hydrogens is 387 g/mol. The van der Waals surface area contributed by atoms with Crippen LogP contribution in [0.15, 0.2) is 48.5 Å². The molecule has 0 saturated carbocycles. The lowest BCUT2D eigenvalue weighted by molar-refractivity contribution is -0.385. The number of benzene rings is 2. The molecule has 1 unspecified atom stereocenters. The van der Waals surface area contributed by atoms with E-state index >= 15 is 0 Å². The van der Waals surface area contributed by atoms with E-state index in [2.05, 4.69) is 4.90 Å². The highest BCUT2D eigenvalue weighted by Gasteiger charge is 2.33. The number of nitrogens with zero attached hydrogens (tertiary/aromatic N) is 4. The molecule has 1 aliphatic rings. The maximum atomic E-state index is 14.4. The highest BCUT2D eigenvalue weighted by molar-refractivity contribution is 5.83. The second-order valence-electron chi connectivity index (χ2n) is 7.24. The van der Waals surface area contributed by atoms with Crippen LogP contribution in [0.4, 0.5) is 15.8 Å². The van der Waals surface area contributed by atoms with Crippen LogP contribution >= 0.6 is 0 Å². The number of nitro groups is 1. The summed E-state index contributed by atoms with van der Waals surface area (Å²) in [6, 6.07) is 13.1. The third-order valence-corrected chi connectivity index (χ3v) is 5.59. The van der Waals surface area contributed by atoms with Crippen LogP contribution in [0.1, 0.15) is 25.5 Å². The van der Waals surface area contributed by atoms with Crippen molar-refractivity contribution in [1.82, 2.24) is 9.80 Å². The van der Waals surface area contributed by atoms with Gasteiger partial charge in [-0.25, -0.2) is 4.39 Å². The lowest BCUT2D eigenvalue weighted by Crippen LogP contribution is -2.51. The summed E-state index contributed by atoms with van der Waals surface area (Å²) in [5, 5.41) is 10.8. The van der Waals surface area contributed by atoms with Gasteiger partial charge in [-0.05, 0) is 25.5 Å². The molecule has 1 aliphatic heterocycles. The lowest BCUT2D eigenvalue weighted by Gasteiger charge is -2.41. The van der Waals surface area contributed by atoms with E-state index < -0.39 is 10.7 Å². The van der Waals surface area contributed by atoms with Gasteiger partial charge in [0.15, 0.2) is 5.82 Å². The van der Waals surface area contributed by atoms with E-state index in [4.69, 9.17) is 0 Å². The van der Waals surface area contributed by atoms with Crippen molar-refractivity contribution in [3.63, 3.8) is 0 Å². The Morgan fingerprint density at radius 3 is 2.27 bits per heavy atom. The molecule has 0 spiro atoms. The number of non-ortho nitro benzene ring substituents is 1. The number of rotatable bonds is 7. The molecule has 30 heavy (non-hydrogen) atoms. The molecule has 1 atom stereocenters. The first-order chi connectivity index (χ1) is 14.5. The summed E-state index contributed by atoms with van der Waals surface area (Å²) in [7, 11) is 0. The summed E-state index contributed by atoms with van der Waals surface area (Å²) in [5.74, 6) is -0.530. The van der Waals surface area contributed by atoms with Crippen molar-refractivity contribution in [3.8, 4) is 0 Å². The minimum absolute atomic E-state index is 0.0705. The number of hydrogen-bond acceptors (Lipinski definition) is 5. The quantitative estimate of drug-likeness (QED) is 0.513. The number of anilines is 1. The normalized spacial score (nSPS) is 15.6. The first-order valence-corrected chi connectivity index (χ1v) is 10.2. The summed E-state index contributed by atoms with van der Waals surface area (Å²) in [5.41, 5.74) is 1.04. The predicted molar refractivity (Wildman–Crippen MR) is 114 cm³/mol. The maximum absolute atomic E-state index is 14.4. The molecule has 3 rings (SSSR count). The smallest absolute Gasteiger partial charge is 0.272 e. The fraction of sp³-hybridized carbons (Fsp3) is 0.409. The number of hydrogen-bond donors (Lipinski definition) is 0. The van der Waals surface area contributed by atoms with Crippen molar-refractivity contribution in [1.29, 1.82) is 0 Å². The zero-order valence-corrected chi connectivity index (χ0v) is 17.3. The summed E-state index contributed by atoms with van der Waals surface area (Å²) < 4.78 is 14.4. The number of carbonyl (C=O) groups excluding carboxylic acids is 1. The highest BCUT2D eigenvalue weighted by atomic mass is 19.1. The molecule has 0 bridgehead atoms. The van der Waals surface area contributed by atoms with Gasteiger partial charge < -0.3 is 9.80 Å². The third kappa shape index (κ3) is 4.59. The van der Waals surface area contributed by atoms with Crippen LogP contribution in [0.3, 0.4) is 0 Å². The van der Waals surface area contributed by atoms with E-state index in [0.29, 0.717) is 45.0 Å². The van der Waals surface area contributed by atoms with E-state index in [9.17, 15) is 19.3 Å². The van der Waals surface area contributed by atoms with Gasteiger partial charge in [0.25, 0.3) is 5.69 Å². The lowest BCUT2D eigenvalue weighted by atomic mass is 10.0. The van der Waals surface area contributed by atoms with Crippen LogP contribution in [0, 0.1) is 15.9 Å². The average Bonchev–Trinajstić information content (AvgIpc) is 2.76. The SMILES string of the molecule is CCN(CC)C(=O)C(c1ccccc1)N1CCN(c2ccc([N+](=O)[O-])cc2F)CC1. The van der Waals surface area contributed by atoms with Gasteiger partial charge in [0.05, 0.1) is 16.7 Å². The molecule has 0 N–H and O–H groups in total. The standard InChI is InChI=1S/C22H27FN4O3/c1-3-24(4-2)22(28)21(17-8-6-5-7-9-17)26-14-12-25(13-15-26)20-11-10-18(27(29)30)16-19(20)23/h5-11,16,21H,3-4,12-15H2,1-2H3. The van der Waals surface area contributed by atoms with Crippen LogP contribution in [0.2, 0.25) is 0 Å². The molecule has 7 nitrogen and oxygen atoms in total. The Bertz CT molecular complexity index is 881. The zero-order valence-electron chi connectivity index (χ0n) is 17.3. The molecule has 0 aliphatic carbocycles. The van der Waals surface area contributed by atoms with Crippen LogP contribution < -0.4 is 4.90 Å². The fourth-order valence-corrected chi connectivity index (χ4v) is 3.94. The zero-order chi connectivity index (χ0) is 21.7. The molecule has 0 radical (unpaired) electrons. The number of nitro benzene ring substituents is 1. The second-order valence-corrected chi connectivity index (χ2v) is 7.24. The van der Waals surface area contributed by atoms with Gasteiger partial charge in [0, 0.05) is 45.3 Å². The summed E-state index contributed by atoms with van der Waals surface area (Å²) in [6.07, 6.45) is 0. The molecule has 160 valence electrons. The van der Waals surface area contributed by atoms with Crippen molar-refractivity contribution in [2.24, 2.45) is 0 Å². The van der Waals surface area contributed by atoms with Crippen LogP contribution in [-0.2, 0) is 4.79 Å². The Labute approximate surface area is 175 Å². The molecule has 2 aromatic carbocycles. The maximum Gasteiger partial charge on any atom is 0.272 e. The minimum Gasteiger partial charge on any atom is -0.367 e. The van der Waals surface area contributed by atoms with E-state index in [1.165, 1.54) is 12.1 Å². The molecule has 1 saturated heterocycles.